The maximum atomic E-state index is 2.31. The Hall–Kier alpha value is -1.02. The fraction of sp³-hybridized carbons (Fsp3) is 0.280. The van der Waals surface area contributed by atoms with Crippen molar-refractivity contribution in [1.82, 2.24) is 0 Å². The van der Waals surface area contributed by atoms with E-state index in [1.54, 1.807) is 34.7 Å². The molecule has 4 rings (SSSR count). The van der Waals surface area contributed by atoms with Crippen molar-refractivity contribution in [3.63, 3.8) is 0 Å². The smallest absolute Gasteiger partial charge is 0.00956 e. The van der Waals surface area contributed by atoms with Gasteiger partial charge < -0.3 is 0 Å². The van der Waals surface area contributed by atoms with E-state index in [2.05, 4.69) is 101 Å². The molecule has 28 heavy (non-hydrogen) atoms. The molecule has 0 unspecified atom stereocenters. The number of hydrogen-bond acceptors (Lipinski definition) is 1. The second-order valence-electron chi connectivity index (χ2n) is 7.56. The molecule has 4 aromatic rings. The summed E-state index contributed by atoms with van der Waals surface area (Å²) in [6, 6.07) is 15.3. The number of fused-ring (bicyclic) bond motifs is 1. The van der Waals surface area contributed by atoms with Gasteiger partial charge in [0.05, 0.1) is 0 Å². The average Bonchev–Trinajstić information content (AvgIpc) is 3.31. The molecule has 3 heteroatoms. The van der Waals surface area contributed by atoms with Crippen LogP contribution < -0.4 is 0 Å². The fourth-order valence-corrected chi connectivity index (χ4v) is 3.94. The van der Waals surface area contributed by atoms with Crippen LogP contribution in [-0.2, 0) is 23.3 Å². The maximum Gasteiger partial charge on any atom is -0.00956 e. The molecule has 0 aliphatic heterocycles. The van der Waals surface area contributed by atoms with Gasteiger partial charge in [-0.05, 0) is 10.8 Å². The van der Waals surface area contributed by atoms with Crippen LogP contribution in [0.25, 0.3) is 21.9 Å². The summed E-state index contributed by atoms with van der Waals surface area (Å²) in [5, 5.41) is 7.07. The van der Waals surface area contributed by atoms with Gasteiger partial charge in [0.15, 0.2) is 0 Å². The predicted molar refractivity (Wildman–Crippen MR) is 126 cm³/mol. The van der Waals surface area contributed by atoms with Crippen LogP contribution in [-0.4, -0.2) is 5.43 Å². The van der Waals surface area contributed by atoms with E-state index in [-0.39, 0.29) is 5.43 Å². The third-order valence-electron chi connectivity index (χ3n) is 4.98. The monoisotopic (exact) mass is 480 g/mol. The minimum atomic E-state index is 0.210. The molecule has 0 spiro atoms. The summed E-state index contributed by atoms with van der Waals surface area (Å²) in [4.78, 5) is 0. The van der Waals surface area contributed by atoms with Crippen molar-refractivity contribution in [1.29, 1.82) is 0 Å². The normalized spacial score (nSPS) is 10.2. The van der Waals surface area contributed by atoms with Gasteiger partial charge in [0.1, 0.15) is 0 Å². The number of benzene rings is 1. The van der Waals surface area contributed by atoms with E-state index < -0.39 is 0 Å². The van der Waals surface area contributed by atoms with Gasteiger partial charge in [0, 0.05) is 0 Å². The van der Waals surface area contributed by atoms with Crippen molar-refractivity contribution >= 4 is 27.5 Å². The van der Waals surface area contributed by atoms with E-state index in [9.17, 15) is 0 Å². The molecule has 0 aliphatic rings. The molecule has 144 valence electrons. The van der Waals surface area contributed by atoms with Gasteiger partial charge in [-0.3, -0.25) is 0 Å². The molecule has 0 N–H and O–H groups in total. The summed E-state index contributed by atoms with van der Waals surface area (Å²) in [6.45, 7) is 15.5. The third-order valence-corrected chi connectivity index (χ3v) is 5.67. The van der Waals surface area contributed by atoms with Crippen molar-refractivity contribution in [3.8, 4) is 11.1 Å². The largest absolute Gasteiger partial charge is 0.196 e. The van der Waals surface area contributed by atoms with Gasteiger partial charge in [-0.25, -0.2) is 0 Å². The summed E-state index contributed by atoms with van der Waals surface area (Å²) >= 11 is 3.49. The molecule has 0 bridgehead atoms. The first kappa shape index (κ1) is 23.3. The number of thiophene rings is 1. The molecule has 0 amide bonds. The van der Waals surface area contributed by atoms with Crippen LogP contribution in [0.3, 0.4) is 0 Å². The first-order valence-electron chi connectivity index (χ1n) is 9.61. The van der Waals surface area contributed by atoms with Gasteiger partial charge in [-0.2, -0.15) is 39.7 Å². The van der Waals surface area contributed by atoms with Crippen LogP contribution in [0.4, 0.5) is 0 Å². The average molecular weight is 482 g/mol. The van der Waals surface area contributed by atoms with Crippen LogP contribution >= 0.6 is 11.3 Å². The molecule has 3 aromatic carbocycles. The van der Waals surface area contributed by atoms with Crippen LogP contribution in [0.5, 0.6) is 0 Å². The van der Waals surface area contributed by atoms with E-state index in [1.807, 2.05) is 0 Å². The van der Waals surface area contributed by atoms with E-state index in [4.69, 9.17) is 0 Å². The second-order valence-corrected chi connectivity index (χ2v) is 17.7. The Kier molecular flexibility index (Phi) is 8.86. The molecule has 0 saturated heterocycles. The van der Waals surface area contributed by atoms with Gasteiger partial charge in [0.2, 0.25) is 0 Å². The summed E-state index contributed by atoms with van der Waals surface area (Å²) in [6.07, 6.45) is 0. The Morgan fingerprint density at radius 2 is 1.39 bits per heavy atom. The summed E-state index contributed by atoms with van der Waals surface area (Å²) in [5.41, 5.74) is 10.1. The molecule has 0 atom stereocenters. The number of rotatable bonds is 1. The molecule has 1 aromatic heterocycles. The van der Waals surface area contributed by atoms with Gasteiger partial charge in [-0.15, -0.1) is 46.2 Å². The Labute approximate surface area is 189 Å². The predicted octanol–water partition coefficient (Wildman–Crippen LogP) is 8.02. The van der Waals surface area contributed by atoms with Crippen molar-refractivity contribution in [3.05, 3.63) is 81.0 Å². The Morgan fingerprint density at radius 3 is 1.86 bits per heavy atom. The molecular weight excluding hydrogens is 452 g/mol. The molecule has 0 radical (unpaired) electrons. The third kappa shape index (κ3) is 5.99. The standard InChI is InChI=1S/C14H11S.C9H13.C2H6Si.Zr/c1-10-8-11-4-2-3-5-13(11)14(10)12-6-7-15-9-12;1-6-5-7(2)9(4)8(6)3;1-3-2;/h2-9H,1H3;5H,1-4H3;1-2H3;/q2*-1;;+2. The van der Waals surface area contributed by atoms with Gasteiger partial charge in [-0.1, -0.05) is 52.3 Å². The van der Waals surface area contributed by atoms with Crippen LogP contribution in [0.2, 0.25) is 13.1 Å². The minimum Gasteiger partial charge on any atom is -0.196 e. The number of aryl methyl sites for hydroxylation is 3. The molecule has 0 fully saturated rings. The Balaban J connectivity index is 0.000000184. The van der Waals surface area contributed by atoms with Crippen LogP contribution in [0, 0.1) is 34.6 Å². The van der Waals surface area contributed by atoms with Crippen molar-refractivity contribution in [2.24, 2.45) is 0 Å². The Bertz CT molecular complexity index is 1020. The topological polar surface area (TPSA) is 0 Å². The summed E-state index contributed by atoms with van der Waals surface area (Å²) in [7, 11) is 0. The Morgan fingerprint density at radius 1 is 0.821 bits per heavy atom. The van der Waals surface area contributed by atoms with Crippen molar-refractivity contribution in [2.45, 2.75) is 47.7 Å². The molecule has 0 aliphatic carbocycles. The van der Waals surface area contributed by atoms with Crippen molar-refractivity contribution < 1.29 is 23.3 Å². The second kappa shape index (κ2) is 10.7. The molecule has 0 nitrogen and oxygen atoms in total. The SMILES string of the molecule is C[Si](C)=[Zr+2].Cc1[cH-]c(C)c(C)c1C.Cc1[cH-]c2ccccc2c1-c1ccsc1. The molecule has 1 heterocycles. The van der Waals surface area contributed by atoms with Gasteiger partial charge >= 0.3 is 41.9 Å². The van der Waals surface area contributed by atoms with Crippen molar-refractivity contribution in [2.75, 3.05) is 0 Å². The van der Waals surface area contributed by atoms with E-state index in [1.165, 1.54) is 49.7 Å². The maximum absolute atomic E-state index is 2.31. The summed E-state index contributed by atoms with van der Waals surface area (Å²) < 4.78 is 0. The zero-order valence-corrected chi connectivity index (χ0v) is 22.4. The molecule has 0 saturated carbocycles. The quantitative estimate of drug-likeness (QED) is 0.191. The van der Waals surface area contributed by atoms with Crippen LogP contribution in [0.15, 0.2) is 53.2 Å². The van der Waals surface area contributed by atoms with Gasteiger partial charge in [0.25, 0.3) is 0 Å². The fourth-order valence-electron chi connectivity index (χ4n) is 3.29. The first-order chi connectivity index (χ1) is 13.2. The van der Waals surface area contributed by atoms with E-state index in [0.717, 1.165) is 0 Å². The number of hydrogen-bond donors (Lipinski definition) is 0. The van der Waals surface area contributed by atoms with E-state index >= 15 is 0 Å². The minimum absolute atomic E-state index is 0.210. The zero-order valence-electron chi connectivity index (χ0n) is 18.1. The molecular formula is C25H30SSiZr. The zero-order chi connectivity index (χ0) is 20.8. The first-order valence-corrected chi connectivity index (χ1v) is 16.7. The van der Waals surface area contributed by atoms with E-state index in [0.29, 0.717) is 0 Å². The summed E-state index contributed by atoms with van der Waals surface area (Å²) in [5.74, 6) is 0. The van der Waals surface area contributed by atoms with Crippen LogP contribution in [0.1, 0.15) is 27.8 Å².